The molecule has 0 fully saturated rings. The number of ether oxygens (including phenoxy) is 1. The second-order valence-corrected chi connectivity index (χ2v) is 5.92. The molecule has 2 amide bonds. The molecule has 2 N–H and O–H groups in total. The Morgan fingerprint density at radius 3 is 2.32 bits per heavy atom. The normalized spacial score (nSPS) is 10.2. The van der Waals surface area contributed by atoms with Crippen molar-refractivity contribution in [3.05, 3.63) is 58.7 Å². The summed E-state index contributed by atoms with van der Waals surface area (Å²) in [5.41, 5.74) is 4.41. The Labute approximate surface area is 148 Å². The number of rotatable bonds is 6. The van der Waals surface area contributed by atoms with Gasteiger partial charge in [-0.2, -0.15) is 0 Å². The van der Waals surface area contributed by atoms with E-state index >= 15 is 0 Å². The summed E-state index contributed by atoms with van der Waals surface area (Å²) in [4.78, 5) is 23.3. The van der Waals surface area contributed by atoms with Crippen LogP contribution in [-0.4, -0.2) is 18.4 Å². The van der Waals surface area contributed by atoms with Crippen LogP contribution in [0.1, 0.15) is 40.9 Å². The van der Waals surface area contributed by atoms with E-state index in [2.05, 4.69) is 10.6 Å². The van der Waals surface area contributed by atoms with Gasteiger partial charge >= 0.3 is 0 Å². The highest BCUT2D eigenvalue weighted by Crippen LogP contribution is 2.23. The molecule has 0 bridgehead atoms. The van der Waals surface area contributed by atoms with E-state index in [0.717, 1.165) is 22.4 Å². The fourth-order valence-electron chi connectivity index (χ4n) is 2.54. The second-order valence-electron chi connectivity index (χ2n) is 5.92. The summed E-state index contributed by atoms with van der Waals surface area (Å²) < 4.78 is 5.59. The van der Waals surface area contributed by atoms with Gasteiger partial charge < -0.3 is 15.4 Å². The number of benzene rings is 2. The zero-order valence-electron chi connectivity index (χ0n) is 15.1. The van der Waals surface area contributed by atoms with Crippen molar-refractivity contribution in [1.29, 1.82) is 0 Å². The lowest BCUT2D eigenvalue weighted by atomic mass is 10.0. The molecule has 0 aliphatic rings. The highest BCUT2D eigenvalue weighted by atomic mass is 16.5. The van der Waals surface area contributed by atoms with Gasteiger partial charge in [0.25, 0.3) is 5.91 Å². The molecule has 0 spiro atoms. The maximum Gasteiger partial charge on any atom is 0.251 e. The fourth-order valence-corrected chi connectivity index (χ4v) is 2.54. The minimum atomic E-state index is -0.152. The van der Waals surface area contributed by atoms with Crippen LogP contribution in [0.15, 0.2) is 36.4 Å². The molecule has 5 nitrogen and oxygen atoms in total. The summed E-state index contributed by atoms with van der Waals surface area (Å²) in [7, 11) is 0. The lowest BCUT2D eigenvalue weighted by molar-refractivity contribution is -0.114. The molecule has 5 heteroatoms. The molecule has 0 aliphatic heterocycles. The van der Waals surface area contributed by atoms with Crippen molar-refractivity contribution in [1.82, 2.24) is 5.32 Å². The van der Waals surface area contributed by atoms with Crippen LogP contribution in [0.3, 0.4) is 0 Å². The SMILES string of the molecule is CCOc1cc(C)c(CNC(=O)c2ccc(NC(C)=O)cc2)cc1C. The number of carbonyl (C=O) groups excluding carboxylic acids is 2. The third-order valence-corrected chi connectivity index (χ3v) is 3.84. The number of carbonyl (C=O) groups is 2. The summed E-state index contributed by atoms with van der Waals surface area (Å²) in [6.45, 7) is 8.49. The fraction of sp³-hybridized carbons (Fsp3) is 0.300. The Morgan fingerprint density at radius 2 is 1.72 bits per heavy atom. The van der Waals surface area contributed by atoms with Gasteiger partial charge in [0, 0.05) is 24.7 Å². The first-order chi connectivity index (χ1) is 11.9. The summed E-state index contributed by atoms with van der Waals surface area (Å²) in [6, 6.07) is 10.8. The zero-order valence-corrected chi connectivity index (χ0v) is 15.1. The van der Waals surface area contributed by atoms with Crippen LogP contribution < -0.4 is 15.4 Å². The summed E-state index contributed by atoms with van der Waals surface area (Å²) in [5, 5.41) is 5.60. The van der Waals surface area contributed by atoms with Crippen LogP contribution >= 0.6 is 0 Å². The van der Waals surface area contributed by atoms with Gasteiger partial charge in [0.05, 0.1) is 6.61 Å². The lowest BCUT2D eigenvalue weighted by Gasteiger charge is -2.13. The van der Waals surface area contributed by atoms with E-state index in [1.807, 2.05) is 32.9 Å². The van der Waals surface area contributed by atoms with E-state index in [9.17, 15) is 9.59 Å². The van der Waals surface area contributed by atoms with Crippen LogP contribution in [0.2, 0.25) is 0 Å². The van der Waals surface area contributed by atoms with E-state index in [1.54, 1.807) is 24.3 Å². The van der Waals surface area contributed by atoms with E-state index in [0.29, 0.717) is 24.4 Å². The van der Waals surface area contributed by atoms with E-state index in [-0.39, 0.29) is 11.8 Å². The molecule has 2 rings (SSSR count). The molecule has 0 unspecified atom stereocenters. The van der Waals surface area contributed by atoms with Crippen LogP contribution in [0.25, 0.3) is 0 Å². The van der Waals surface area contributed by atoms with Gasteiger partial charge in [-0.05, 0) is 67.8 Å². The third-order valence-electron chi connectivity index (χ3n) is 3.84. The van der Waals surface area contributed by atoms with Crippen LogP contribution in [0.5, 0.6) is 5.75 Å². The molecule has 2 aromatic rings. The second kappa shape index (κ2) is 8.33. The highest BCUT2D eigenvalue weighted by Gasteiger charge is 2.09. The Balaban J connectivity index is 2.02. The first kappa shape index (κ1) is 18.5. The van der Waals surface area contributed by atoms with Crippen molar-refractivity contribution in [3.63, 3.8) is 0 Å². The molecular weight excluding hydrogens is 316 g/mol. The quantitative estimate of drug-likeness (QED) is 0.844. The van der Waals surface area contributed by atoms with E-state index < -0.39 is 0 Å². The predicted octanol–water partition coefficient (Wildman–Crippen LogP) is 3.59. The van der Waals surface area contributed by atoms with Gasteiger partial charge in [0.2, 0.25) is 5.91 Å². The highest BCUT2D eigenvalue weighted by molar-refractivity contribution is 5.95. The van der Waals surface area contributed by atoms with Gasteiger partial charge in [-0.3, -0.25) is 9.59 Å². The number of nitrogens with one attached hydrogen (secondary N) is 2. The molecule has 0 radical (unpaired) electrons. The maximum atomic E-state index is 12.3. The molecule has 0 saturated heterocycles. The number of anilines is 1. The van der Waals surface area contributed by atoms with E-state index in [1.165, 1.54) is 6.92 Å². The minimum Gasteiger partial charge on any atom is -0.494 e. The van der Waals surface area contributed by atoms with Gasteiger partial charge in [0.15, 0.2) is 0 Å². The topological polar surface area (TPSA) is 67.4 Å². The number of amides is 2. The molecule has 132 valence electrons. The van der Waals surface area contributed by atoms with Gasteiger partial charge in [-0.15, -0.1) is 0 Å². The molecule has 0 aromatic heterocycles. The van der Waals surface area contributed by atoms with Crippen LogP contribution in [-0.2, 0) is 11.3 Å². The number of aryl methyl sites for hydroxylation is 2. The Bertz CT molecular complexity index is 767. The van der Waals surface area contributed by atoms with Crippen molar-refractivity contribution in [2.24, 2.45) is 0 Å². The maximum absolute atomic E-state index is 12.3. The molecule has 0 atom stereocenters. The zero-order chi connectivity index (χ0) is 18.4. The Kier molecular flexibility index (Phi) is 6.17. The summed E-state index contributed by atoms with van der Waals surface area (Å²) >= 11 is 0. The van der Waals surface area contributed by atoms with Gasteiger partial charge in [-0.25, -0.2) is 0 Å². The van der Waals surface area contributed by atoms with Crippen molar-refractivity contribution >= 4 is 17.5 Å². The molecule has 2 aromatic carbocycles. The standard InChI is InChI=1S/C20H24N2O3/c1-5-25-19-11-13(2)17(10-14(19)3)12-21-20(24)16-6-8-18(9-7-16)22-15(4)23/h6-11H,5,12H2,1-4H3,(H,21,24)(H,22,23). The van der Waals surface area contributed by atoms with E-state index in [4.69, 9.17) is 4.74 Å². The molecule has 0 saturated carbocycles. The Morgan fingerprint density at radius 1 is 1.04 bits per heavy atom. The molecule has 0 aliphatic carbocycles. The van der Waals surface area contributed by atoms with Gasteiger partial charge in [-0.1, -0.05) is 6.07 Å². The largest absolute Gasteiger partial charge is 0.494 e. The molecule has 0 heterocycles. The van der Waals surface area contributed by atoms with Crippen molar-refractivity contribution in [2.75, 3.05) is 11.9 Å². The van der Waals surface area contributed by atoms with Crippen molar-refractivity contribution < 1.29 is 14.3 Å². The first-order valence-corrected chi connectivity index (χ1v) is 8.29. The van der Waals surface area contributed by atoms with Crippen LogP contribution in [0.4, 0.5) is 5.69 Å². The summed E-state index contributed by atoms with van der Waals surface area (Å²) in [5.74, 6) is 0.586. The lowest BCUT2D eigenvalue weighted by Crippen LogP contribution is -2.23. The smallest absolute Gasteiger partial charge is 0.251 e. The van der Waals surface area contributed by atoms with Crippen molar-refractivity contribution in [3.8, 4) is 5.75 Å². The molecular formula is C20H24N2O3. The van der Waals surface area contributed by atoms with Gasteiger partial charge in [0.1, 0.15) is 5.75 Å². The first-order valence-electron chi connectivity index (χ1n) is 8.29. The molecule has 25 heavy (non-hydrogen) atoms. The van der Waals surface area contributed by atoms with Crippen molar-refractivity contribution in [2.45, 2.75) is 34.2 Å². The average molecular weight is 340 g/mol. The monoisotopic (exact) mass is 340 g/mol. The third kappa shape index (κ3) is 5.08. The van der Waals surface area contributed by atoms with Crippen LogP contribution in [0, 0.1) is 13.8 Å². The number of hydrogen-bond donors (Lipinski definition) is 2. The summed E-state index contributed by atoms with van der Waals surface area (Å²) in [6.07, 6.45) is 0. The average Bonchev–Trinajstić information content (AvgIpc) is 2.56. The minimum absolute atomic E-state index is 0.140. The number of hydrogen-bond acceptors (Lipinski definition) is 3. The predicted molar refractivity (Wildman–Crippen MR) is 99.0 cm³/mol. The Hall–Kier alpha value is -2.82.